The second kappa shape index (κ2) is 11.6. The van der Waals surface area contributed by atoms with Crippen LogP contribution >= 0.6 is 0 Å². The number of hydrogen-bond acceptors (Lipinski definition) is 3. The van der Waals surface area contributed by atoms with E-state index >= 15 is 0 Å². The quantitative estimate of drug-likeness (QED) is 0.724. The first kappa shape index (κ1) is 16.9. The van der Waals surface area contributed by atoms with Gasteiger partial charge in [-0.05, 0) is 12.1 Å². The number of methoxy groups -OCH3 is 2. The first-order chi connectivity index (χ1) is 7.79. The van der Waals surface area contributed by atoms with Crippen LogP contribution < -0.4 is 4.74 Å². The summed E-state index contributed by atoms with van der Waals surface area (Å²) in [6, 6.07) is 6.93. The number of carbonyl (C=O) groups is 1. The predicted molar refractivity (Wildman–Crippen MR) is 67.0 cm³/mol. The van der Waals surface area contributed by atoms with Gasteiger partial charge < -0.3 is 9.47 Å². The lowest BCUT2D eigenvalue weighted by atomic mass is 10.2. The first-order valence-corrected chi connectivity index (χ1v) is 5.51. The smallest absolute Gasteiger partial charge is 0.341 e. The molecule has 0 aliphatic carbocycles. The number of carbonyl (C=O) groups excluding carboxylic acids is 1. The van der Waals surface area contributed by atoms with E-state index in [1.54, 1.807) is 24.3 Å². The molecule has 1 aromatic rings. The van der Waals surface area contributed by atoms with Crippen LogP contribution in [-0.4, -0.2) is 20.2 Å². The molecule has 0 bridgehead atoms. The second-order valence-corrected chi connectivity index (χ2v) is 2.19. The van der Waals surface area contributed by atoms with Crippen molar-refractivity contribution >= 4 is 5.97 Å². The average Bonchev–Trinajstić information content (AvgIpc) is 2.42. The van der Waals surface area contributed by atoms with Crippen molar-refractivity contribution in [3.05, 3.63) is 29.8 Å². The van der Waals surface area contributed by atoms with Gasteiger partial charge in [0.25, 0.3) is 0 Å². The highest BCUT2D eigenvalue weighted by atomic mass is 16.5. The third-order valence-electron chi connectivity index (χ3n) is 1.51. The molecule has 0 spiro atoms. The first-order valence-electron chi connectivity index (χ1n) is 5.51. The zero-order valence-corrected chi connectivity index (χ0v) is 11.0. The van der Waals surface area contributed by atoms with E-state index in [2.05, 4.69) is 4.74 Å². The summed E-state index contributed by atoms with van der Waals surface area (Å²) in [5.74, 6) is 0.150. The summed E-state index contributed by atoms with van der Waals surface area (Å²) in [6.45, 7) is 8.00. The lowest BCUT2D eigenvalue weighted by Gasteiger charge is -2.04. The fraction of sp³-hybridized carbons (Fsp3) is 0.462. The number of rotatable bonds is 2. The van der Waals surface area contributed by atoms with Gasteiger partial charge in [-0.2, -0.15) is 0 Å². The predicted octanol–water partition coefficient (Wildman–Crippen LogP) is 3.53. The Morgan fingerprint density at radius 2 is 1.50 bits per heavy atom. The van der Waals surface area contributed by atoms with E-state index in [0.29, 0.717) is 11.3 Å². The minimum absolute atomic E-state index is 0.382. The highest BCUT2D eigenvalue weighted by Crippen LogP contribution is 2.17. The van der Waals surface area contributed by atoms with Gasteiger partial charge in [0.05, 0.1) is 14.2 Å². The number of ether oxygens (including phenoxy) is 2. The largest absolute Gasteiger partial charge is 0.496 e. The molecule has 16 heavy (non-hydrogen) atoms. The number of benzene rings is 1. The number of para-hydroxylation sites is 1. The van der Waals surface area contributed by atoms with E-state index in [9.17, 15) is 4.79 Å². The van der Waals surface area contributed by atoms with Crippen LogP contribution in [0.25, 0.3) is 0 Å². The molecule has 0 aromatic heterocycles. The van der Waals surface area contributed by atoms with Gasteiger partial charge >= 0.3 is 5.97 Å². The van der Waals surface area contributed by atoms with Crippen molar-refractivity contribution < 1.29 is 14.3 Å². The standard InChI is InChI=1S/C9H10O3.2C2H6/c1-11-8-6-4-3-5-7(8)9(10)12-2;2*1-2/h3-6H,1-2H3;2*1-2H3. The Labute approximate surface area is 98.4 Å². The third kappa shape index (κ3) is 5.39. The molecule has 0 amide bonds. The average molecular weight is 226 g/mol. The molecule has 0 aliphatic rings. The van der Waals surface area contributed by atoms with Gasteiger partial charge in [0.2, 0.25) is 0 Å². The highest BCUT2D eigenvalue weighted by Gasteiger charge is 2.10. The summed E-state index contributed by atoms with van der Waals surface area (Å²) in [5, 5.41) is 0. The molecule has 3 heteroatoms. The van der Waals surface area contributed by atoms with Gasteiger partial charge in [0, 0.05) is 0 Å². The van der Waals surface area contributed by atoms with Crippen molar-refractivity contribution in [3.63, 3.8) is 0 Å². The van der Waals surface area contributed by atoms with Crippen LogP contribution in [0.3, 0.4) is 0 Å². The topological polar surface area (TPSA) is 35.5 Å². The molecular formula is C13H22O3. The van der Waals surface area contributed by atoms with Crippen LogP contribution in [0.4, 0.5) is 0 Å². The molecule has 0 aliphatic heterocycles. The molecule has 0 atom stereocenters. The van der Waals surface area contributed by atoms with Crippen molar-refractivity contribution in [3.8, 4) is 5.75 Å². The SMILES string of the molecule is CC.CC.COC(=O)c1ccccc1OC. The molecule has 1 aromatic carbocycles. The van der Waals surface area contributed by atoms with Gasteiger partial charge in [0.15, 0.2) is 0 Å². The molecule has 0 heterocycles. The molecule has 1 rings (SSSR count). The molecule has 0 unspecified atom stereocenters. The Morgan fingerprint density at radius 1 is 1.00 bits per heavy atom. The van der Waals surface area contributed by atoms with Gasteiger partial charge in [0.1, 0.15) is 11.3 Å². The maximum atomic E-state index is 11.1. The molecule has 3 nitrogen and oxygen atoms in total. The summed E-state index contributed by atoms with van der Waals surface area (Å²) in [7, 11) is 2.86. The fourth-order valence-electron chi connectivity index (χ4n) is 0.923. The van der Waals surface area contributed by atoms with Crippen LogP contribution in [0.1, 0.15) is 38.1 Å². The van der Waals surface area contributed by atoms with Gasteiger partial charge in [-0.25, -0.2) is 4.79 Å². The molecule has 0 saturated carbocycles. The maximum absolute atomic E-state index is 11.1. The van der Waals surface area contributed by atoms with E-state index in [1.165, 1.54) is 14.2 Å². The highest BCUT2D eigenvalue weighted by molar-refractivity contribution is 5.92. The van der Waals surface area contributed by atoms with Gasteiger partial charge in [-0.15, -0.1) is 0 Å². The third-order valence-corrected chi connectivity index (χ3v) is 1.51. The lowest BCUT2D eigenvalue weighted by molar-refractivity contribution is 0.0597. The van der Waals surface area contributed by atoms with Crippen molar-refractivity contribution in [1.29, 1.82) is 0 Å². The van der Waals surface area contributed by atoms with Gasteiger partial charge in [-0.1, -0.05) is 39.8 Å². The summed E-state index contributed by atoms with van der Waals surface area (Å²) < 4.78 is 9.53. The van der Waals surface area contributed by atoms with Crippen LogP contribution in [-0.2, 0) is 4.74 Å². The monoisotopic (exact) mass is 226 g/mol. The van der Waals surface area contributed by atoms with E-state index < -0.39 is 0 Å². The minimum Gasteiger partial charge on any atom is -0.496 e. The zero-order chi connectivity index (χ0) is 13.0. The zero-order valence-electron chi connectivity index (χ0n) is 11.0. The summed E-state index contributed by atoms with van der Waals surface area (Å²) in [5.41, 5.74) is 0.447. The molecular weight excluding hydrogens is 204 g/mol. The summed E-state index contributed by atoms with van der Waals surface area (Å²) in [6.07, 6.45) is 0. The van der Waals surface area contributed by atoms with Crippen LogP contribution in [0.15, 0.2) is 24.3 Å². The number of hydrogen-bond donors (Lipinski definition) is 0. The Balaban J connectivity index is 0. The molecule has 0 saturated heterocycles. The molecule has 0 fully saturated rings. The van der Waals surface area contributed by atoms with E-state index in [0.717, 1.165) is 0 Å². The maximum Gasteiger partial charge on any atom is 0.341 e. The Kier molecular flexibility index (Phi) is 12.2. The molecule has 92 valence electrons. The Hall–Kier alpha value is -1.51. The van der Waals surface area contributed by atoms with Crippen molar-refractivity contribution in [2.24, 2.45) is 0 Å². The van der Waals surface area contributed by atoms with Gasteiger partial charge in [-0.3, -0.25) is 0 Å². The van der Waals surface area contributed by atoms with E-state index in [-0.39, 0.29) is 5.97 Å². The van der Waals surface area contributed by atoms with Crippen LogP contribution in [0, 0.1) is 0 Å². The van der Waals surface area contributed by atoms with E-state index in [4.69, 9.17) is 4.74 Å². The van der Waals surface area contributed by atoms with Crippen LogP contribution in [0.2, 0.25) is 0 Å². The second-order valence-electron chi connectivity index (χ2n) is 2.19. The minimum atomic E-state index is -0.382. The van der Waals surface area contributed by atoms with Crippen molar-refractivity contribution in [2.75, 3.05) is 14.2 Å². The Bertz CT molecular complexity index is 282. The Morgan fingerprint density at radius 3 is 1.94 bits per heavy atom. The fourth-order valence-corrected chi connectivity index (χ4v) is 0.923. The van der Waals surface area contributed by atoms with Crippen molar-refractivity contribution in [1.82, 2.24) is 0 Å². The van der Waals surface area contributed by atoms with Crippen LogP contribution in [0.5, 0.6) is 5.75 Å². The number of esters is 1. The van der Waals surface area contributed by atoms with Crippen molar-refractivity contribution in [2.45, 2.75) is 27.7 Å². The molecule has 0 radical (unpaired) electrons. The summed E-state index contributed by atoms with van der Waals surface area (Å²) in [4.78, 5) is 11.1. The van der Waals surface area contributed by atoms with E-state index in [1.807, 2.05) is 27.7 Å². The normalized spacial score (nSPS) is 7.62. The summed E-state index contributed by atoms with van der Waals surface area (Å²) >= 11 is 0. The molecule has 0 N–H and O–H groups in total. The lowest BCUT2D eigenvalue weighted by Crippen LogP contribution is -2.03.